The molecule has 0 unspecified atom stereocenters. The summed E-state index contributed by atoms with van der Waals surface area (Å²) in [5, 5.41) is 11.1. The minimum atomic E-state index is -4.35. The van der Waals surface area contributed by atoms with Crippen molar-refractivity contribution in [2.75, 3.05) is 31.1 Å². The first-order valence-corrected chi connectivity index (χ1v) is 8.07. The van der Waals surface area contributed by atoms with Gasteiger partial charge >= 0.3 is 11.9 Å². The maximum absolute atomic E-state index is 12.8. The van der Waals surface area contributed by atoms with Crippen LogP contribution in [0.4, 0.5) is 24.7 Å². The minimum absolute atomic E-state index is 0.0428. The standard InChI is InChI=1S/C17H17F3N4O2/c18-17(19,20)14-4-1-3-13(11-14)12-22-7-9-23(10-8-22)16-15(24(25)26)5-2-6-21-16/h1-6,11H,7-10,12H2. The number of halogens is 3. The molecule has 0 radical (unpaired) electrons. The zero-order valence-corrected chi connectivity index (χ0v) is 13.8. The van der Waals surface area contributed by atoms with Crippen LogP contribution in [0, 0.1) is 10.1 Å². The molecule has 2 aromatic rings. The maximum atomic E-state index is 12.8. The summed E-state index contributed by atoms with van der Waals surface area (Å²) in [6.45, 7) is 2.63. The van der Waals surface area contributed by atoms with E-state index in [-0.39, 0.29) is 5.69 Å². The van der Waals surface area contributed by atoms with E-state index in [1.807, 2.05) is 9.80 Å². The van der Waals surface area contributed by atoms with Gasteiger partial charge in [0.2, 0.25) is 5.82 Å². The number of piperazine rings is 1. The van der Waals surface area contributed by atoms with Gasteiger partial charge in [0.15, 0.2) is 0 Å². The molecule has 0 amide bonds. The molecular formula is C17H17F3N4O2. The number of aromatic nitrogens is 1. The van der Waals surface area contributed by atoms with Gasteiger partial charge in [-0.15, -0.1) is 0 Å². The van der Waals surface area contributed by atoms with E-state index in [4.69, 9.17) is 0 Å². The topological polar surface area (TPSA) is 62.5 Å². The van der Waals surface area contributed by atoms with Crippen LogP contribution in [0.25, 0.3) is 0 Å². The summed E-state index contributed by atoms with van der Waals surface area (Å²) >= 11 is 0. The third kappa shape index (κ3) is 4.10. The predicted molar refractivity (Wildman–Crippen MR) is 89.8 cm³/mol. The van der Waals surface area contributed by atoms with Gasteiger partial charge in [-0.05, 0) is 17.7 Å². The summed E-state index contributed by atoms with van der Waals surface area (Å²) < 4.78 is 38.4. The van der Waals surface area contributed by atoms with Crippen molar-refractivity contribution in [3.8, 4) is 0 Å². The Morgan fingerprint density at radius 2 is 1.85 bits per heavy atom. The van der Waals surface area contributed by atoms with Crippen molar-refractivity contribution < 1.29 is 18.1 Å². The normalized spacial score (nSPS) is 15.9. The van der Waals surface area contributed by atoms with E-state index in [1.54, 1.807) is 6.07 Å². The molecule has 0 aliphatic carbocycles. The maximum Gasteiger partial charge on any atom is 0.416 e. The third-order valence-corrected chi connectivity index (χ3v) is 4.30. The minimum Gasteiger partial charge on any atom is -0.348 e. The highest BCUT2D eigenvalue weighted by Crippen LogP contribution is 2.30. The quantitative estimate of drug-likeness (QED) is 0.614. The van der Waals surface area contributed by atoms with Crippen LogP contribution in [0.15, 0.2) is 42.6 Å². The van der Waals surface area contributed by atoms with Gasteiger partial charge in [0.1, 0.15) is 0 Å². The summed E-state index contributed by atoms with van der Waals surface area (Å²) in [4.78, 5) is 18.6. The predicted octanol–water partition coefficient (Wildman–Crippen LogP) is 3.33. The Labute approximate surface area is 148 Å². The third-order valence-electron chi connectivity index (χ3n) is 4.30. The zero-order chi connectivity index (χ0) is 18.7. The highest BCUT2D eigenvalue weighted by atomic mass is 19.4. The van der Waals surface area contributed by atoms with E-state index in [0.29, 0.717) is 44.1 Å². The Balaban J connectivity index is 1.64. The van der Waals surface area contributed by atoms with Crippen LogP contribution in [0.1, 0.15) is 11.1 Å². The van der Waals surface area contributed by atoms with Crippen LogP contribution in [0.2, 0.25) is 0 Å². The molecule has 1 fully saturated rings. The fourth-order valence-corrected chi connectivity index (χ4v) is 3.00. The Kier molecular flexibility index (Phi) is 5.08. The van der Waals surface area contributed by atoms with Gasteiger partial charge in [0, 0.05) is 45.0 Å². The molecule has 138 valence electrons. The molecule has 1 saturated heterocycles. The van der Waals surface area contributed by atoms with Gasteiger partial charge in [0.05, 0.1) is 10.5 Å². The van der Waals surface area contributed by atoms with Crippen molar-refractivity contribution in [2.24, 2.45) is 0 Å². The second kappa shape index (κ2) is 7.28. The first-order valence-electron chi connectivity index (χ1n) is 8.07. The van der Waals surface area contributed by atoms with Crippen LogP contribution in [0.5, 0.6) is 0 Å². The highest BCUT2D eigenvalue weighted by molar-refractivity contribution is 5.57. The molecule has 2 heterocycles. The molecule has 0 atom stereocenters. The average Bonchev–Trinajstić information content (AvgIpc) is 2.62. The molecule has 0 saturated carbocycles. The van der Waals surface area contributed by atoms with Gasteiger partial charge in [-0.3, -0.25) is 15.0 Å². The second-order valence-corrected chi connectivity index (χ2v) is 6.06. The number of nitro groups is 1. The molecule has 1 aromatic heterocycles. The molecule has 1 aliphatic heterocycles. The fourth-order valence-electron chi connectivity index (χ4n) is 3.00. The van der Waals surface area contributed by atoms with Crippen LogP contribution in [0.3, 0.4) is 0 Å². The summed E-state index contributed by atoms with van der Waals surface area (Å²) in [5.74, 6) is 0.330. The van der Waals surface area contributed by atoms with Crippen LogP contribution >= 0.6 is 0 Å². The average molecular weight is 366 g/mol. The van der Waals surface area contributed by atoms with Crippen molar-refractivity contribution in [1.82, 2.24) is 9.88 Å². The molecule has 0 spiro atoms. The largest absolute Gasteiger partial charge is 0.416 e. The van der Waals surface area contributed by atoms with Crippen molar-refractivity contribution in [3.05, 3.63) is 63.8 Å². The number of benzene rings is 1. The van der Waals surface area contributed by atoms with E-state index in [0.717, 1.165) is 12.1 Å². The lowest BCUT2D eigenvalue weighted by atomic mass is 10.1. The van der Waals surface area contributed by atoms with Gasteiger partial charge in [0.25, 0.3) is 0 Å². The molecule has 0 N–H and O–H groups in total. The lowest BCUT2D eigenvalue weighted by molar-refractivity contribution is -0.384. The molecule has 9 heteroatoms. The van der Waals surface area contributed by atoms with Crippen LogP contribution < -0.4 is 4.90 Å². The Hall–Kier alpha value is -2.68. The van der Waals surface area contributed by atoms with Gasteiger partial charge in [-0.1, -0.05) is 18.2 Å². The summed E-state index contributed by atoms with van der Waals surface area (Å²) in [5.41, 5.74) is -0.103. The number of nitrogens with zero attached hydrogens (tertiary/aromatic N) is 4. The van der Waals surface area contributed by atoms with Gasteiger partial charge in [-0.2, -0.15) is 13.2 Å². The lowest BCUT2D eigenvalue weighted by Gasteiger charge is -2.35. The summed E-state index contributed by atoms with van der Waals surface area (Å²) in [6, 6.07) is 8.23. The molecular weight excluding hydrogens is 349 g/mol. The fraction of sp³-hybridized carbons (Fsp3) is 0.353. The van der Waals surface area contributed by atoms with Gasteiger partial charge in [-0.25, -0.2) is 4.98 Å². The number of hydrogen-bond donors (Lipinski definition) is 0. The molecule has 3 rings (SSSR count). The number of anilines is 1. The Bertz CT molecular complexity index is 790. The number of pyridine rings is 1. The van der Waals surface area contributed by atoms with Crippen molar-refractivity contribution in [2.45, 2.75) is 12.7 Å². The molecule has 1 aliphatic rings. The van der Waals surface area contributed by atoms with Gasteiger partial charge < -0.3 is 4.90 Å². The summed E-state index contributed by atoms with van der Waals surface area (Å²) in [6.07, 6.45) is -2.84. The lowest BCUT2D eigenvalue weighted by Crippen LogP contribution is -2.46. The van der Waals surface area contributed by atoms with Crippen molar-refractivity contribution in [1.29, 1.82) is 0 Å². The Morgan fingerprint density at radius 3 is 2.50 bits per heavy atom. The van der Waals surface area contributed by atoms with Crippen molar-refractivity contribution >= 4 is 11.5 Å². The number of rotatable bonds is 4. The molecule has 1 aromatic carbocycles. The SMILES string of the molecule is O=[N+]([O-])c1cccnc1N1CCN(Cc2cccc(C(F)(F)F)c2)CC1. The molecule has 26 heavy (non-hydrogen) atoms. The van der Waals surface area contributed by atoms with Crippen molar-refractivity contribution in [3.63, 3.8) is 0 Å². The number of hydrogen-bond acceptors (Lipinski definition) is 5. The zero-order valence-electron chi connectivity index (χ0n) is 13.8. The first kappa shape index (κ1) is 18.1. The van der Waals surface area contributed by atoms with E-state index in [9.17, 15) is 23.3 Å². The van der Waals surface area contributed by atoms with Crippen LogP contribution in [-0.2, 0) is 12.7 Å². The highest BCUT2D eigenvalue weighted by Gasteiger charge is 2.30. The van der Waals surface area contributed by atoms with Crippen LogP contribution in [-0.4, -0.2) is 41.0 Å². The van der Waals surface area contributed by atoms with E-state index in [2.05, 4.69) is 4.98 Å². The molecule has 0 bridgehead atoms. The number of alkyl halides is 3. The monoisotopic (exact) mass is 366 g/mol. The summed E-state index contributed by atoms with van der Waals surface area (Å²) in [7, 11) is 0. The smallest absolute Gasteiger partial charge is 0.348 e. The second-order valence-electron chi connectivity index (χ2n) is 6.06. The Morgan fingerprint density at radius 1 is 1.12 bits per heavy atom. The first-order chi connectivity index (χ1) is 12.3. The van der Waals surface area contributed by atoms with E-state index >= 15 is 0 Å². The molecule has 6 nitrogen and oxygen atoms in total. The van der Waals surface area contributed by atoms with E-state index < -0.39 is 16.7 Å². The van der Waals surface area contributed by atoms with E-state index in [1.165, 1.54) is 24.4 Å².